The first-order valence-electron chi connectivity index (χ1n) is 9.55. The highest BCUT2D eigenvalue weighted by Crippen LogP contribution is 2.28. The van der Waals surface area contributed by atoms with E-state index in [4.69, 9.17) is 4.74 Å². The number of hydrogen-bond acceptors (Lipinski definition) is 5. The van der Waals surface area contributed by atoms with E-state index in [9.17, 15) is 22.8 Å². The van der Waals surface area contributed by atoms with Gasteiger partial charge in [-0.05, 0) is 19.9 Å². The summed E-state index contributed by atoms with van der Waals surface area (Å²) in [5.74, 6) is -0.712. The molecule has 0 saturated carbocycles. The fourth-order valence-electron chi connectivity index (χ4n) is 3.15. The van der Waals surface area contributed by atoms with Crippen molar-refractivity contribution in [3.63, 3.8) is 0 Å². The maximum atomic E-state index is 12.9. The molecule has 0 aromatic carbocycles. The van der Waals surface area contributed by atoms with E-state index in [-0.39, 0.29) is 30.3 Å². The molecular formula is C18H23F3N6O3. The molecular weight excluding hydrogens is 405 g/mol. The van der Waals surface area contributed by atoms with Crippen molar-refractivity contribution in [1.82, 2.24) is 24.5 Å². The van der Waals surface area contributed by atoms with Crippen molar-refractivity contribution >= 4 is 17.5 Å². The van der Waals surface area contributed by atoms with E-state index in [0.717, 1.165) is 10.7 Å². The number of carbonyl (C=O) groups is 2. The minimum absolute atomic E-state index is 0.0254. The molecule has 1 aliphatic heterocycles. The zero-order valence-electron chi connectivity index (χ0n) is 16.7. The lowest BCUT2D eigenvalue weighted by Gasteiger charge is -2.27. The van der Waals surface area contributed by atoms with E-state index in [1.165, 1.54) is 17.8 Å². The molecule has 12 heteroatoms. The van der Waals surface area contributed by atoms with E-state index in [1.54, 1.807) is 4.90 Å². The van der Waals surface area contributed by atoms with Gasteiger partial charge in [-0.15, -0.1) is 0 Å². The highest BCUT2D eigenvalue weighted by atomic mass is 19.4. The minimum atomic E-state index is -4.54. The molecule has 3 rings (SSSR count). The Labute approximate surface area is 170 Å². The van der Waals surface area contributed by atoms with Crippen molar-refractivity contribution in [3.05, 3.63) is 29.3 Å². The lowest BCUT2D eigenvalue weighted by molar-refractivity contribution is -0.141. The zero-order valence-corrected chi connectivity index (χ0v) is 16.7. The van der Waals surface area contributed by atoms with E-state index < -0.39 is 17.8 Å². The highest BCUT2D eigenvalue weighted by molar-refractivity contribution is 6.02. The maximum absolute atomic E-state index is 12.9. The van der Waals surface area contributed by atoms with Crippen LogP contribution in [0.25, 0.3) is 0 Å². The topological polar surface area (TPSA) is 94.3 Å². The summed E-state index contributed by atoms with van der Waals surface area (Å²) in [5, 5.41) is 10.3. The average Bonchev–Trinajstić information content (AvgIpc) is 3.29. The SMILES string of the molecule is CCn1ncc(NC(=O)CCn2nc(C(F)(F)F)cc2C)c1C(=O)N1CCOCC1. The van der Waals surface area contributed by atoms with Gasteiger partial charge in [0.05, 0.1) is 25.1 Å². The Morgan fingerprint density at radius 3 is 2.53 bits per heavy atom. The molecule has 0 radical (unpaired) electrons. The third-order valence-electron chi connectivity index (χ3n) is 4.74. The summed E-state index contributed by atoms with van der Waals surface area (Å²) in [6.45, 7) is 5.50. The lowest BCUT2D eigenvalue weighted by Crippen LogP contribution is -2.41. The second-order valence-corrected chi connectivity index (χ2v) is 6.82. The molecule has 0 aliphatic carbocycles. The van der Waals surface area contributed by atoms with Gasteiger partial charge in [0.25, 0.3) is 5.91 Å². The number of alkyl halides is 3. The van der Waals surface area contributed by atoms with E-state index >= 15 is 0 Å². The van der Waals surface area contributed by atoms with Gasteiger partial charge in [-0.1, -0.05) is 0 Å². The Hall–Kier alpha value is -2.89. The van der Waals surface area contributed by atoms with Crippen LogP contribution in [0.15, 0.2) is 12.3 Å². The number of carbonyl (C=O) groups excluding carboxylic acids is 2. The maximum Gasteiger partial charge on any atom is 0.435 e. The molecule has 0 unspecified atom stereocenters. The van der Waals surface area contributed by atoms with E-state index in [2.05, 4.69) is 15.5 Å². The fourth-order valence-corrected chi connectivity index (χ4v) is 3.15. The Bertz CT molecular complexity index is 915. The van der Waals surface area contributed by atoms with Crippen molar-refractivity contribution in [2.45, 2.75) is 39.5 Å². The van der Waals surface area contributed by atoms with Crippen LogP contribution in [-0.4, -0.2) is 62.6 Å². The number of aryl methyl sites for hydroxylation is 3. The van der Waals surface area contributed by atoms with Gasteiger partial charge in [-0.25, -0.2) is 0 Å². The third-order valence-corrected chi connectivity index (χ3v) is 4.74. The summed E-state index contributed by atoms with van der Waals surface area (Å²) in [5.41, 5.74) is -0.158. The molecule has 1 N–H and O–H groups in total. The molecule has 2 aromatic rings. The Balaban J connectivity index is 1.68. The number of morpholine rings is 1. The number of rotatable bonds is 6. The largest absolute Gasteiger partial charge is 0.435 e. The second kappa shape index (κ2) is 8.86. The fraction of sp³-hybridized carbons (Fsp3) is 0.556. The van der Waals surface area contributed by atoms with Gasteiger partial charge in [0.2, 0.25) is 5.91 Å². The number of anilines is 1. The normalized spacial score (nSPS) is 14.8. The average molecular weight is 428 g/mol. The molecule has 9 nitrogen and oxygen atoms in total. The van der Waals surface area contributed by atoms with Gasteiger partial charge in [-0.3, -0.25) is 19.0 Å². The number of aromatic nitrogens is 4. The summed E-state index contributed by atoms with van der Waals surface area (Å²) < 4.78 is 46.2. The molecule has 2 amide bonds. The van der Waals surface area contributed by atoms with Gasteiger partial charge >= 0.3 is 6.18 Å². The Morgan fingerprint density at radius 1 is 1.23 bits per heavy atom. The second-order valence-electron chi connectivity index (χ2n) is 6.82. The molecule has 1 aliphatic rings. The number of ether oxygens (including phenoxy) is 1. The van der Waals surface area contributed by atoms with Crippen LogP contribution >= 0.6 is 0 Å². The third kappa shape index (κ3) is 4.81. The number of nitrogens with zero attached hydrogens (tertiary/aromatic N) is 5. The van der Waals surface area contributed by atoms with E-state index in [0.29, 0.717) is 38.5 Å². The molecule has 2 aromatic heterocycles. The van der Waals surface area contributed by atoms with Gasteiger partial charge in [0, 0.05) is 38.3 Å². The van der Waals surface area contributed by atoms with Crippen LogP contribution in [0.3, 0.4) is 0 Å². The van der Waals surface area contributed by atoms with Crippen LogP contribution in [0.2, 0.25) is 0 Å². The quantitative estimate of drug-likeness (QED) is 0.759. The molecule has 30 heavy (non-hydrogen) atoms. The number of halogens is 3. The van der Waals surface area contributed by atoms with Crippen LogP contribution in [0.4, 0.5) is 18.9 Å². The highest BCUT2D eigenvalue weighted by Gasteiger charge is 2.34. The summed E-state index contributed by atoms with van der Waals surface area (Å²) >= 11 is 0. The van der Waals surface area contributed by atoms with Gasteiger partial charge in [-0.2, -0.15) is 23.4 Å². The molecule has 3 heterocycles. The molecule has 0 atom stereocenters. The van der Waals surface area contributed by atoms with Crippen molar-refractivity contribution < 1.29 is 27.5 Å². The number of amides is 2. The predicted octanol–water partition coefficient (Wildman–Crippen LogP) is 1.93. The van der Waals surface area contributed by atoms with Crippen molar-refractivity contribution in [1.29, 1.82) is 0 Å². The smallest absolute Gasteiger partial charge is 0.378 e. The van der Waals surface area contributed by atoms with Gasteiger partial charge in [0.15, 0.2) is 5.69 Å². The van der Waals surface area contributed by atoms with Crippen molar-refractivity contribution in [2.24, 2.45) is 0 Å². The van der Waals surface area contributed by atoms with Crippen molar-refractivity contribution in [3.8, 4) is 0 Å². The van der Waals surface area contributed by atoms with Crippen LogP contribution in [0.5, 0.6) is 0 Å². The summed E-state index contributed by atoms with van der Waals surface area (Å²) in [6, 6.07) is 0.933. The molecule has 0 bridgehead atoms. The number of nitrogens with one attached hydrogen (secondary N) is 1. The standard InChI is InChI=1S/C18H23F3N6O3/c1-3-26-16(17(29)25-6-8-30-9-7-25)13(11-22-26)23-15(28)4-5-27-12(2)10-14(24-27)18(19,20)21/h10-11H,3-9H2,1-2H3,(H,23,28). The first kappa shape index (κ1) is 21.8. The Morgan fingerprint density at radius 2 is 1.93 bits per heavy atom. The molecule has 164 valence electrons. The molecule has 1 saturated heterocycles. The van der Waals surface area contributed by atoms with Crippen LogP contribution in [-0.2, 0) is 28.8 Å². The van der Waals surface area contributed by atoms with E-state index in [1.807, 2.05) is 6.92 Å². The zero-order chi connectivity index (χ0) is 21.9. The van der Waals surface area contributed by atoms with Crippen LogP contribution in [0.1, 0.15) is 35.2 Å². The van der Waals surface area contributed by atoms with Gasteiger partial charge in [0.1, 0.15) is 5.69 Å². The monoisotopic (exact) mass is 428 g/mol. The van der Waals surface area contributed by atoms with Crippen LogP contribution in [0, 0.1) is 6.92 Å². The summed E-state index contributed by atoms with van der Waals surface area (Å²) in [4.78, 5) is 26.9. The minimum Gasteiger partial charge on any atom is -0.378 e. The lowest BCUT2D eigenvalue weighted by atomic mass is 10.2. The first-order chi connectivity index (χ1) is 14.2. The summed E-state index contributed by atoms with van der Waals surface area (Å²) in [6.07, 6.45) is -3.25. The van der Waals surface area contributed by atoms with Crippen LogP contribution < -0.4 is 5.32 Å². The van der Waals surface area contributed by atoms with Gasteiger partial charge < -0.3 is 15.0 Å². The molecule has 0 spiro atoms. The summed E-state index contributed by atoms with van der Waals surface area (Å²) in [7, 11) is 0. The number of hydrogen-bond donors (Lipinski definition) is 1. The first-order valence-corrected chi connectivity index (χ1v) is 9.55. The van der Waals surface area contributed by atoms with Crippen molar-refractivity contribution in [2.75, 3.05) is 31.6 Å². The predicted molar refractivity (Wildman–Crippen MR) is 99.8 cm³/mol. The molecule has 1 fully saturated rings. The Kier molecular flexibility index (Phi) is 6.44.